The average molecular weight is 416 g/mol. The molecule has 0 radical (unpaired) electrons. The molecule has 0 bridgehead atoms. The van der Waals surface area contributed by atoms with Crippen molar-refractivity contribution in [2.45, 2.75) is 38.3 Å². The number of hydrogen-bond acceptors (Lipinski definition) is 5. The predicted molar refractivity (Wildman–Crippen MR) is 108 cm³/mol. The highest BCUT2D eigenvalue weighted by molar-refractivity contribution is 6.31. The van der Waals surface area contributed by atoms with Crippen LogP contribution in [0, 0.1) is 0 Å². The molecular formula is C21H22ClN3O4. The lowest BCUT2D eigenvalue weighted by Gasteiger charge is -2.25. The summed E-state index contributed by atoms with van der Waals surface area (Å²) < 4.78 is 7.05. The van der Waals surface area contributed by atoms with Crippen LogP contribution in [0.2, 0.25) is 5.02 Å². The SMILES string of the molecule is CC(C)(C)c1ccc(Oc2ccc(C(O)(Cn3cncn3)C(=O)O)c(Cl)c2)cc1. The molecule has 3 aromatic rings. The van der Waals surface area contributed by atoms with Crippen LogP contribution in [0.4, 0.5) is 0 Å². The van der Waals surface area contributed by atoms with Gasteiger partial charge in [0, 0.05) is 5.56 Å². The maximum absolute atomic E-state index is 11.8. The van der Waals surface area contributed by atoms with Crippen molar-refractivity contribution < 1.29 is 19.7 Å². The van der Waals surface area contributed by atoms with Crippen LogP contribution in [-0.4, -0.2) is 30.9 Å². The topological polar surface area (TPSA) is 97.5 Å². The van der Waals surface area contributed by atoms with Gasteiger partial charge in [-0.2, -0.15) is 5.10 Å². The number of aliphatic hydroxyl groups is 1. The van der Waals surface area contributed by atoms with E-state index in [-0.39, 0.29) is 22.5 Å². The molecule has 1 unspecified atom stereocenters. The summed E-state index contributed by atoms with van der Waals surface area (Å²) >= 11 is 6.30. The minimum Gasteiger partial charge on any atom is -0.479 e. The van der Waals surface area contributed by atoms with Crippen molar-refractivity contribution in [3.63, 3.8) is 0 Å². The van der Waals surface area contributed by atoms with Gasteiger partial charge < -0.3 is 14.9 Å². The van der Waals surface area contributed by atoms with E-state index < -0.39 is 11.6 Å². The van der Waals surface area contributed by atoms with Crippen LogP contribution in [0.3, 0.4) is 0 Å². The summed E-state index contributed by atoms with van der Waals surface area (Å²) in [5, 5.41) is 24.3. The second kappa shape index (κ2) is 7.85. The Labute approximate surface area is 173 Å². The number of carboxylic acid groups (broad SMARTS) is 1. The van der Waals surface area contributed by atoms with E-state index in [0.717, 1.165) is 0 Å². The lowest BCUT2D eigenvalue weighted by molar-refractivity contribution is -0.161. The van der Waals surface area contributed by atoms with E-state index in [4.69, 9.17) is 16.3 Å². The predicted octanol–water partition coefficient (Wildman–Crippen LogP) is 3.99. The standard InChI is InChI=1S/C21H22ClN3O4/c1-20(2,3)14-4-6-15(7-5-14)29-16-8-9-17(18(22)10-16)21(28,19(26)27)11-25-13-23-12-24-25/h4-10,12-13,28H,11H2,1-3H3,(H,26,27). The van der Waals surface area contributed by atoms with E-state index in [1.165, 1.54) is 35.0 Å². The first-order valence-electron chi connectivity index (χ1n) is 8.96. The fourth-order valence-corrected chi connectivity index (χ4v) is 3.20. The summed E-state index contributed by atoms with van der Waals surface area (Å²) in [6.07, 6.45) is 2.58. The summed E-state index contributed by atoms with van der Waals surface area (Å²) in [5.74, 6) is -0.394. The Balaban J connectivity index is 1.84. The minimum absolute atomic E-state index is 0.0366. The number of benzene rings is 2. The number of carbonyl (C=O) groups is 1. The van der Waals surface area contributed by atoms with Crippen LogP contribution in [0.25, 0.3) is 0 Å². The quantitative estimate of drug-likeness (QED) is 0.631. The smallest absolute Gasteiger partial charge is 0.342 e. The largest absolute Gasteiger partial charge is 0.479 e. The third kappa shape index (κ3) is 4.58. The Hall–Kier alpha value is -2.90. The first-order chi connectivity index (χ1) is 13.6. The van der Waals surface area contributed by atoms with Crippen LogP contribution in [0.5, 0.6) is 11.5 Å². The van der Waals surface area contributed by atoms with E-state index in [2.05, 4.69) is 30.9 Å². The molecule has 0 aliphatic heterocycles. The number of halogens is 1. The number of aromatic nitrogens is 3. The van der Waals surface area contributed by atoms with E-state index >= 15 is 0 Å². The van der Waals surface area contributed by atoms with Gasteiger partial charge in [0.05, 0.1) is 11.6 Å². The van der Waals surface area contributed by atoms with Crippen LogP contribution < -0.4 is 4.74 Å². The lowest BCUT2D eigenvalue weighted by atomic mass is 9.87. The molecule has 1 aromatic heterocycles. The summed E-state index contributed by atoms with van der Waals surface area (Å²) in [4.78, 5) is 15.5. The van der Waals surface area contributed by atoms with E-state index in [9.17, 15) is 15.0 Å². The number of hydrogen-bond donors (Lipinski definition) is 2. The molecule has 29 heavy (non-hydrogen) atoms. The molecule has 1 atom stereocenters. The third-order valence-electron chi connectivity index (χ3n) is 4.55. The fourth-order valence-electron chi connectivity index (χ4n) is 2.87. The van der Waals surface area contributed by atoms with Crippen LogP contribution in [0.15, 0.2) is 55.1 Å². The number of aliphatic carboxylic acids is 1. The highest BCUT2D eigenvalue weighted by Crippen LogP contribution is 2.34. The van der Waals surface area contributed by atoms with Crippen molar-refractivity contribution in [1.82, 2.24) is 14.8 Å². The number of nitrogens with zero attached hydrogens (tertiary/aromatic N) is 3. The van der Waals surface area contributed by atoms with Gasteiger partial charge in [0.1, 0.15) is 24.2 Å². The molecule has 0 spiro atoms. The maximum atomic E-state index is 11.8. The second-order valence-corrected chi connectivity index (χ2v) is 8.18. The van der Waals surface area contributed by atoms with Gasteiger partial charge in [-0.3, -0.25) is 0 Å². The lowest BCUT2D eigenvalue weighted by Crippen LogP contribution is -2.40. The van der Waals surface area contributed by atoms with Crippen molar-refractivity contribution in [2.24, 2.45) is 0 Å². The fraction of sp³-hybridized carbons (Fsp3) is 0.286. The number of rotatable bonds is 6. The second-order valence-electron chi connectivity index (χ2n) is 7.78. The first kappa shape index (κ1) is 20.8. The normalized spacial score (nSPS) is 13.7. The summed E-state index contributed by atoms with van der Waals surface area (Å²) in [5.41, 5.74) is -1.01. The Morgan fingerprint density at radius 1 is 1.14 bits per heavy atom. The number of ether oxygens (including phenoxy) is 1. The zero-order chi connectivity index (χ0) is 21.2. The Morgan fingerprint density at radius 3 is 2.31 bits per heavy atom. The first-order valence-corrected chi connectivity index (χ1v) is 9.34. The zero-order valence-corrected chi connectivity index (χ0v) is 17.1. The molecule has 2 aromatic carbocycles. The van der Waals surface area contributed by atoms with Gasteiger partial charge in [-0.25, -0.2) is 14.5 Å². The Kier molecular flexibility index (Phi) is 5.64. The molecule has 0 aliphatic rings. The van der Waals surface area contributed by atoms with E-state index in [1.54, 1.807) is 6.07 Å². The van der Waals surface area contributed by atoms with Gasteiger partial charge in [-0.1, -0.05) is 50.6 Å². The molecule has 0 saturated heterocycles. The van der Waals surface area contributed by atoms with Gasteiger partial charge in [-0.15, -0.1) is 0 Å². The van der Waals surface area contributed by atoms with E-state index in [0.29, 0.717) is 11.5 Å². The summed E-state index contributed by atoms with van der Waals surface area (Å²) in [7, 11) is 0. The molecule has 0 aliphatic carbocycles. The highest BCUT2D eigenvalue weighted by atomic mass is 35.5. The van der Waals surface area contributed by atoms with Crippen molar-refractivity contribution in [2.75, 3.05) is 0 Å². The molecule has 1 heterocycles. The summed E-state index contributed by atoms with van der Waals surface area (Å²) in [6, 6.07) is 12.2. The Bertz CT molecular complexity index is 998. The molecule has 2 N–H and O–H groups in total. The zero-order valence-electron chi connectivity index (χ0n) is 16.3. The molecule has 7 nitrogen and oxygen atoms in total. The van der Waals surface area contributed by atoms with Crippen molar-refractivity contribution >= 4 is 17.6 Å². The van der Waals surface area contributed by atoms with Gasteiger partial charge >= 0.3 is 5.97 Å². The molecule has 3 rings (SSSR count). The van der Waals surface area contributed by atoms with E-state index in [1.807, 2.05) is 24.3 Å². The highest BCUT2D eigenvalue weighted by Gasteiger charge is 2.41. The van der Waals surface area contributed by atoms with Crippen LogP contribution in [0.1, 0.15) is 31.9 Å². The monoisotopic (exact) mass is 415 g/mol. The van der Waals surface area contributed by atoms with Crippen molar-refractivity contribution in [3.8, 4) is 11.5 Å². The molecule has 0 amide bonds. The average Bonchev–Trinajstić information content (AvgIpc) is 3.14. The van der Waals surface area contributed by atoms with Crippen LogP contribution >= 0.6 is 11.6 Å². The van der Waals surface area contributed by atoms with Crippen LogP contribution in [-0.2, 0) is 22.4 Å². The summed E-state index contributed by atoms with van der Waals surface area (Å²) in [6.45, 7) is 6.05. The van der Waals surface area contributed by atoms with Gasteiger partial charge in [-0.05, 0) is 35.2 Å². The molecule has 152 valence electrons. The Morgan fingerprint density at radius 2 is 1.79 bits per heavy atom. The van der Waals surface area contributed by atoms with Gasteiger partial charge in [0.15, 0.2) is 0 Å². The molecule has 0 fully saturated rings. The number of carboxylic acids is 1. The minimum atomic E-state index is -2.27. The van der Waals surface area contributed by atoms with Crippen molar-refractivity contribution in [1.29, 1.82) is 0 Å². The molecule has 0 saturated carbocycles. The van der Waals surface area contributed by atoms with Crippen molar-refractivity contribution in [3.05, 3.63) is 71.3 Å². The third-order valence-corrected chi connectivity index (χ3v) is 4.87. The molecular weight excluding hydrogens is 394 g/mol. The maximum Gasteiger partial charge on any atom is 0.342 e. The van der Waals surface area contributed by atoms with Gasteiger partial charge in [0.25, 0.3) is 0 Å². The molecule has 8 heteroatoms. The van der Waals surface area contributed by atoms with Gasteiger partial charge in [0.2, 0.25) is 5.60 Å².